The zero-order chi connectivity index (χ0) is 14.7. The highest BCUT2D eigenvalue weighted by atomic mass is 35.5. The first-order valence-corrected chi connectivity index (χ1v) is 11.2. The monoisotopic (exact) mass is 395 g/mol. The van der Waals surface area contributed by atoms with Crippen LogP contribution in [0.15, 0.2) is 18.2 Å². The van der Waals surface area contributed by atoms with Crippen LogP contribution in [0.3, 0.4) is 0 Å². The van der Waals surface area contributed by atoms with Gasteiger partial charge in [-0.2, -0.15) is 0 Å². The van der Waals surface area contributed by atoms with Gasteiger partial charge in [-0.3, -0.25) is 10.1 Å². The highest BCUT2D eigenvalue weighted by molar-refractivity contribution is 7.96. The molecule has 0 bridgehead atoms. The number of nitro groups is 1. The maximum absolute atomic E-state index is 11.4. The van der Waals surface area contributed by atoms with Crippen molar-refractivity contribution in [3.8, 4) is 0 Å². The molecule has 2 saturated heterocycles. The number of nitro benzene ring substituents is 1. The van der Waals surface area contributed by atoms with Gasteiger partial charge in [0.15, 0.2) is 0 Å². The van der Waals surface area contributed by atoms with Crippen molar-refractivity contribution < 1.29 is 29.7 Å². The minimum Gasteiger partial charge on any atom is -1.00 e. The van der Waals surface area contributed by atoms with Gasteiger partial charge in [0.05, 0.1) is 10.5 Å². The third-order valence-corrected chi connectivity index (χ3v) is 9.23. The van der Waals surface area contributed by atoms with E-state index >= 15 is 0 Å². The van der Waals surface area contributed by atoms with Crippen LogP contribution in [0.5, 0.6) is 0 Å². The number of benzene rings is 1. The molecule has 1 aromatic rings. The normalized spacial score (nSPS) is 18.4. The molecule has 0 radical (unpaired) electrons. The fourth-order valence-electron chi connectivity index (χ4n) is 3.16. The zero-order valence-electron chi connectivity index (χ0n) is 13.1. The fraction of sp³-hybridized carbons (Fsp3) is 0.625. The number of halogens is 2. The summed E-state index contributed by atoms with van der Waals surface area (Å²) in [6, 6.07) is 6.05. The second-order valence-electron chi connectivity index (χ2n) is 5.96. The second-order valence-corrected chi connectivity index (χ2v) is 10.6. The average molecular weight is 396 g/mol. The van der Waals surface area contributed by atoms with Gasteiger partial charge >= 0.3 is 0 Å². The van der Waals surface area contributed by atoms with Crippen molar-refractivity contribution in [2.45, 2.75) is 37.2 Å². The Hall–Kier alpha value is -0.100. The molecule has 1 aromatic carbocycles. The summed E-state index contributed by atoms with van der Waals surface area (Å²) in [5.41, 5.74) is 2.50. The van der Waals surface area contributed by atoms with Crippen LogP contribution in [0.4, 0.5) is 5.69 Å². The molecule has 3 nitrogen and oxygen atoms in total. The largest absolute Gasteiger partial charge is 1.00 e. The third kappa shape index (κ3) is 5.73. The summed E-state index contributed by atoms with van der Waals surface area (Å²) < 4.78 is 0. The molecule has 0 aromatic heterocycles. The fourth-order valence-corrected chi connectivity index (χ4v) is 7.93. The molecule has 2 aliphatic rings. The van der Waals surface area contributed by atoms with Gasteiger partial charge in [0.1, 0.15) is 34.5 Å². The summed E-state index contributed by atoms with van der Waals surface area (Å²) in [5.74, 6) is 7.14. The third-order valence-electron chi connectivity index (χ3n) is 4.31. The van der Waals surface area contributed by atoms with Crippen LogP contribution < -0.4 is 24.8 Å². The van der Waals surface area contributed by atoms with Crippen LogP contribution in [-0.4, -0.2) is 27.9 Å². The summed E-state index contributed by atoms with van der Waals surface area (Å²) in [7, 11) is 0.850. The Kier molecular flexibility index (Phi) is 9.12. The van der Waals surface area contributed by atoms with Gasteiger partial charge in [0.2, 0.25) is 0 Å². The molecule has 2 heterocycles. The number of rotatable bonds is 5. The zero-order valence-corrected chi connectivity index (χ0v) is 16.3. The minimum absolute atomic E-state index is 0. The van der Waals surface area contributed by atoms with E-state index in [4.69, 9.17) is 0 Å². The molecule has 0 amide bonds. The molecular weight excluding hydrogens is 373 g/mol. The Labute approximate surface area is 156 Å². The van der Waals surface area contributed by atoms with Gasteiger partial charge < -0.3 is 24.8 Å². The van der Waals surface area contributed by atoms with Crippen LogP contribution in [0.2, 0.25) is 0 Å². The first-order valence-electron chi connectivity index (χ1n) is 7.77. The summed E-state index contributed by atoms with van der Waals surface area (Å²) >= 11 is 0. The molecular formula is C16H23Cl2NO2S2. The summed E-state index contributed by atoms with van der Waals surface area (Å²) in [6.45, 7) is 0. The topological polar surface area (TPSA) is 43.1 Å². The van der Waals surface area contributed by atoms with E-state index in [0.717, 1.165) is 17.1 Å². The number of nitrogens with zero attached hydrogens (tertiary/aromatic N) is 1. The Morgan fingerprint density at radius 3 is 1.96 bits per heavy atom. The molecule has 0 atom stereocenters. The molecule has 3 rings (SSSR count). The van der Waals surface area contributed by atoms with E-state index in [1.54, 1.807) is 0 Å². The van der Waals surface area contributed by atoms with E-state index in [1.165, 1.54) is 54.3 Å². The van der Waals surface area contributed by atoms with Crippen molar-refractivity contribution in [2.24, 2.45) is 0 Å². The maximum atomic E-state index is 11.4. The van der Waals surface area contributed by atoms with Crippen LogP contribution in [0.1, 0.15) is 36.8 Å². The van der Waals surface area contributed by atoms with Gasteiger partial charge in [0, 0.05) is 11.6 Å². The van der Waals surface area contributed by atoms with Gasteiger partial charge in [-0.25, -0.2) is 0 Å². The molecule has 130 valence electrons. The molecule has 0 aliphatic carbocycles. The molecule has 0 N–H and O–H groups in total. The minimum atomic E-state index is -0.171. The Morgan fingerprint density at radius 1 is 0.913 bits per heavy atom. The first kappa shape index (κ1) is 20.9. The van der Waals surface area contributed by atoms with Crippen LogP contribution in [0.25, 0.3) is 0 Å². The van der Waals surface area contributed by atoms with Crippen molar-refractivity contribution in [3.63, 3.8) is 0 Å². The Bertz CT molecular complexity index is 519. The predicted octanol–water partition coefficient (Wildman–Crippen LogP) is -2.57. The standard InChI is InChI=1S/C16H23NO2S2.2ClH/c18-17(19)16-11-14(12-20-7-1-2-8-20)5-6-15(16)13-21-9-3-4-10-21;;/h5-6,11H,1-4,7-10,12-13H2;2*1H/q+2;;/p-2. The molecule has 2 fully saturated rings. The van der Waals surface area contributed by atoms with Crippen molar-refractivity contribution >= 4 is 27.5 Å². The van der Waals surface area contributed by atoms with Crippen molar-refractivity contribution in [1.82, 2.24) is 0 Å². The van der Waals surface area contributed by atoms with Gasteiger partial charge in [0.25, 0.3) is 5.69 Å². The second kappa shape index (κ2) is 10.0. The van der Waals surface area contributed by atoms with E-state index in [1.807, 2.05) is 12.1 Å². The first-order chi connectivity index (χ1) is 10.2. The highest BCUT2D eigenvalue weighted by Gasteiger charge is 2.29. The Balaban J connectivity index is 0.00000132. The van der Waals surface area contributed by atoms with Crippen LogP contribution >= 0.6 is 0 Å². The summed E-state index contributed by atoms with van der Waals surface area (Å²) in [5, 5.41) is 11.4. The summed E-state index contributed by atoms with van der Waals surface area (Å²) in [4.78, 5) is 11.2. The molecule has 7 heteroatoms. The number of hydrogen-bond donors (Lipinski definition) is 0. The average Bonchev–Trinajstić information content (AvgIpc) is 3.13. The van der Waals surface area contributed by atoms with E-state index < -0.39 is 0 Å². The van der Waals surface area contributed by atoms with E-state index in [2.05, 4.69) is 6.07 Å². The van der Waals surface area contributed by atoms with Crippen molar-refractivity contribution in [1.29, 1.82) is 0 Å². The van der Waals surface area contributed by atoms with Gasteiger partial charge in [-0.05, 0) is 53.5 Å². The smallest absolute Gasteiger partial charge is 0.277 e. The maximum Gasteiger partial charge on any atom is 0.277 e. The van der Waals surface area contributed by atoms with E-state index in [9.17, 15) is 10.1 Å². The lowest BCUT2D eigenvalue weighted by Gasteiger charge is -2.06. The van der Waals surface area contributed by atoms with Crippen molar-refractivity contribution in [3.05, 3.63) is 39.4 Å². The van der Waals surface area contributed by atoms with E-state index in [0.29, 0.717) is 27.5 Å². The molecule has 23 heavy (non-hydrogen) atoms. The van der Waals surface area contributed by atoms with Crippen LogP contribution in [-0.2, 0) is 33.3 Å². The lowest BCUT2D eigenvalue weighted by atomic mass is 10.1. The summed E-state index contributed by atoms with van der Waals surface area (Å²) in [6.07, 6.45) is 5.29. The van der Waals surface area contributed by atoms with Crippen LogP contribution in [0, 0.1) is 10.1 Å². The van der Waals surface area contributed by atoms with E-state index in [-0.39, 0.29) is 29.7 Å². The molecule has 0 saturated carbocycles. The quantitative estimate of drug-likeness (QED) is 0.312. The molecule has 0 unspecified atom stereocenters. The van der Waals surface area contributed by atoms with Gasteiger partial charge in [-0.1, -0.05) is 6.07 Å². The lowest BCUT2D eigenvalue weighted by molar-refractivity contribution is -0.385. The Morgan fingerprint density at radius 2 is 1.43 bits per heavy atom. The lowest BCUT2D eigenvalue weighted by Crippen LogP contribution is -3.00. The molecule has 0 spiro atoms. The van der Waals surface area contributed by atoms with Gasteiger partial charge in [-0.15, -0.1) is 0 Å². The predicted molar refractivity (Wildman–Crippen MR) is 93.2 cm³/mol. The van der Waals surface area contributed by atoms with Crippen molar-refractivity contribution in [2.75, 3.05) is 23.0 Å². The number of hydrogen-bond acceptors (Lipinski definition) is 2. The SMILES string of the molecule is O=[N+]([O-])c1cc(C[S+]2CCCC2)ccc1C[S+]1CCCC1.[Cl-].[Cl-]. The highest BCUT2D eigenvalue weighted by Crippen LogP contribution is 2.28. The molecule has 2 aliphatic heterocycles.